The van der Waals surface area contributed by atoms with Crippen molar-refractivity contribution in [3.8, 4) is 11.5 Å². The molecule has 7 nitrogen and oxygen atoms in total. The Hall–Kier alpha value is -4.17. The highest BCUT2D eigenvalue weighted by atomic mass is 35.5. The van der Waals surface area contributed by atoms with Gasteiger partial charge in [0.25, 0.3) is 0 Å². The van der Waals surface area contributed by atoms with E-state index >= 15 is 4.39 Å². The Bertz CT molecular complexity index is 2340. The Balaban J connectivity index is 0.000000191. The topological polar surface area (TPSA) is 80.3 Å². The van der Waals surface area contributed by atoms with Gasteiger partial charge in [0.2, 0.25) is 0 Å². The Morgan fingerprint density at radius 2 is 1.28 bits per heavy atom. The first kappa shape index (κ1) is 43.9. The molecule has 0 bridgehead atoms. The third-order valence-corrected chi connectivity index (χ3v) is 14.1. The number of sulfone groups is 1. The monoisotopic (exact) mass is 886 g/mol. The van der Waals surface area contributed by atoms with Gasteiger partial charge in [-0.15, -0.1) is 0 Å². The number of fused-ring (bicyclic) bond motifs is 4. The van der Waals surface area contributed by atoms with Gasteiger partial charge in [0, 0.05) is 33.5 Å². The maximum Gasteiger partial charge on any atom is 0.185 e. The van der Waals surface area contributed by atoms with E-state index in [9.17, 15) is 21.6 Å². The quantitative estimate of drug-likeness (QED) is 0.0965. The van der Waals surface area contributed by atoms with Crippen molar-refractivity contribution in [3.05, 3.63) is 159 Å². The number of hydrogen-bond acceptors (Lipinski definition) is 7. The molecule has 0 radical (unpaired) electrons. The Morgan fingerprint density at radius 3 is 2.02 bits per heavy atom. The van der Waals surface area contributed by atoms with Crippen molar-refractivity contribution in [2.24, 2.45) is 11.8 Å². The Morgan fingerprint density at radius 1 is 0.667 bits per heavy atom. The summed E-state index contributed by atoms with van der Waals surface area (Å²) in [7, 11) is -4.14. The number of halogens is 6. The zero-order chi connectivity index (χ0) is 42.3. The molecule has 1 saturated heterocycles. The maximum absolute atomic E-state index is 15.0. The summed E-state index contributed by atoms with van der Waals surface area (Å²) in [5.41, 5.74) is 1.59. The van der Waals surface area contributed by atoms with Crippen LogP contribution in [0.15, 0.2) is 108 Å². The van der Waals surface area contributed by atoms with Crippen molar-refractivity contribution < 1.29 is 49.7 Å². The summed E-state index contributed by atoms with van der Waals surface area (Å²) in [6, 6.07) is 27.0. The Kier molecular flexibility index (Phi) is 14.4. The lowest BCUT2D eigenvalue weighted by atomic mass is 9.63. The van der Waals surface area contributed by atoms with Crippen LogP contribution in [0.25, 0.3) is 0 Å². The van der Waals surface area contributed by atoms with Gasteiger partial charge in [-0.05, 0) is 103 Å². The van der Waals surface area contributed by atoms with Crippen molar-refractivity contribution in [3.63, 3.8) is 0 Å². The van der Waals surface area contributed by atoms with Crippen LogP contribution in [0, 0.1) is 35.1 Å². The van der Waals surface area contributed by atoms with Gasteiger partial charge in [0.15, 0.2) is 33.0 Å². The fraction of sp³-hybridized carbons (Fsp3) is 0.348. The van der Waals surface area contributed by atoms with Crippen LogP contribution in [-0.2, 0) is 42.5 Å². The molecule has 0 aromatic heterocycles. The number of ether oxygens (including phenoxy) is 5. The van der Waals surface area contributed by atoms with E-state index in [-0.39, 0.29) is 54.1 Å². The molecule has 2 unspecified atom stereocenters. The third kappa shape index (κ3) is 9.80. The first-order chi connectivity index (χ1) is 29.0. The average Bonchev–Trinajstić information content (AvgIpc) is 3.56. The summed E-state index contributed by atoms with van der Waals surface area (Å²) < 4.78 is 114. The molecule has 318 valence electrons. The first-order valence-electron chi connectivity index (χ1n) is 19.7. The van der Waals surface area contributed by atoms with Crippen molar-refractivity contribution in [2.45, 2.75) is 47.9 Å². The second-order valence-electron chi connectivity index (χ2n) is 15.1. The summed E-state index contributed by atoms with van der Waals surface area (Å²) in [6.45, 7) is 2.40. The van der Waals surface area contributed by atoms with E-state index in [0.29, 0.717) is 67.9 Å². The minimum atomic E-state index is -4.14. The van der Waals surface area contributed by atoms with Gasteiger partial charge in [-0.3, -0.25) is 0 Å². The number of benzene rings is 5. The molecule has 60 heavy (non-hydrogen) atoms. The number of hydrogen-bond donors (Lipinski definition) is 0. The van der Waals surface area contributed by atoms with Crippen LogP contribution in [0.1, 0.15) is 46.8 Å². The van der Waals surface area contributed by atoms with Crippen LogP contribution < -0.4 is 9.47 Å². The maximum atomic E-state index is 15.0. The Labute approximate surface area is 357 Å². The highest BCUT2D eigenvalue weighted by Gasteiger charge is 2.48. The van der Waals surface area contributed by atoms with Crippen molar-refractivity contribution >= 4 is 33.0 Å². The first-order valence-corrected chi connectivity index (χ1v) is 22.0. The summed E-state index contributed by atoms with van der Waals surface area (Å²) >= 11 is 11.9. The molecule has 0 amide bonds. The highest BCUT2D eigenvalue weighted by molar-refractivity contribution is 7.91. The summed E-state index contributed by atoms with van der Waals surface area (Å²) in [4.78, 5) is -0.0420. The van der Waals surface area contributed by atoms with Gasteiger partial charge in [-0.1, -0.05) is 65.7 Å². The van der Waals surface area contributed by atoms with Gasteiger partial charge < -0.3 is 23.7 Å². The standard InChI is InChI=1S/C26H25ClF2O5S.C20H19ClF2O2/c27-20-6-8-21(9-7-20)35(30,31)26-19(12-13-34-25-23(29)11-10-22(28)24(25)26)17-33-15-14-32-16-18-4-2-1-3-5-18;21-15-3-1-13(2-4-15)11-20-8-10-24-12-14(20)7-9-25-19-17(23)6-5-16(22)18(19)20/h1-11,19,26H,12-17H2;1-6,14H,7-12H2/t;14-,20-/m.0/s1. The molecular weight excluding hydrogens is 843 g/mol. The van der Waals surface area contributed by atoms with Crippen LogP contribution in [-0.4, -0.2) is 54.7 Å². The second-order valence-corrected chi connectivity index (χ2v) is 18.0. The molecule has 14 heteroatoms. The van der Waals surface area contributed by atoms with Gasteiger partial charge in [0.1, 0.15) is 16.9 Å². The molecule has 0 aliphatic carbocycles. The molecular formula is C46H44Cl2F4O7S. The van der Waals surface area contributed by atoms with Crippen LogP contribution in [0.4, 0.5) is 17.6 Å². The summed E-state index contributed by atoms with van der Waals surface area (Å²) in [5, 5.41) is -0.380. The lowest BCUT2D eigenvalue weighted by Gasteiger charge is -2.44. The van der Waals surface area contributed by atoms with E-state index in [1.807, 2.05) is 54.6 Å². The predicted octanol–water partition coefficient (Wildman–Crippen LogP) is 10.7. The molecule has 0 N–H and O–H groups in total. The lowest BCUT2D eigenvalue weighted by Crippen LogP contribution is -2.45. The highest BCUT2D eigenvalue weighted by Crippen LogP contribution is 2.51. The largest absolute Gasteiger partial charge is 0.490 e. The normalized spacial score (nSPS) is 21.1. The number of rotatable bonds is 11. The molecule has 3 aliphatic heterocycles. The fourth-order valence-corrected chi connectivity index (χ4v) is 10.7. The van der Waals surface area contributed by atoms with Crippen molar-refractivity contribution in [2.75, 3.05) is 46.2 Å². The second kappa shape index (κ2) is 19.7. The fourth-order valence-electron chi connectivity index (χ4n) is 8.39. The third-order valence-electron chi connectivity index (χ3n) is 11.3. The zero-order valence-corrected chi connectivity index (χ0v) is 34.9. The lowest BCUT2D eigenvalue weighted by molar-refractivity contribution is -0.00631. The van der Waals surface area contributed by atoms with Gasteiger partial charge in [0.05, 0.1) is 56.7 Å². The zero-order valence-electron chi connectivity index (χ0n) is 32.6. The summed E-state index contributed by atoms with van der Waals surface area (Å²) in [5.74, 6) is -3.47. The SMILES string of the molecule is Fc1ccc(F)c2c1OCC[C@H]1COCC[C@@]21Cc1ccc(Cl)cc1.O=S(=O)(c1ccc(Cl)cc1)C1c2c(F)ccc(F)c2OCCC1COCCOCc1ccccc1. The van der Waals surface area contributed by atoms with Crippen LogP contribution >= 0.6 is 23.2 Å². The minimum absolute atomic E-state index is 0.00490. The molecule has 3 heterocycles. The van der Waals surface area contributed by atoms with E-state index in [0.717, 1.165) is 29.3 Å². The molecule has 5 aromatic carbocycles. The van der Waals surface area contributed by atoms with E-state index in [4.69, 9.17) is 46.9 Å². The van der Waals surface area contributed by atoms with Gasteiger partial charge >= 0.3 is 0 Å². The smallest absolute Gasteiger partial charge is 0.185 e. The predicted molar refractivity (Wildman–Crippen MR) is 220 cm³/mol. The minimum Gasteiger partial charge on any atom is -0.490 e. The van der Waals surface area contributed by atoms with E-state index < -0.39 is 49.7 Å². The molecule has 5 aromatic rings. The van der Waals surface area contributed by atoms with Crippen LogP contribution in [0.5, 0.6) is 11.5 Å². The molecule has 0 saturated carbocycles. The molecule has 4 atom stereocenters. The van der Waals surface area contributed by atoms with E-state index in [1.165, 1.54) is 30.3 Å². The summed E-state index contributed by atoms with van der Waals surface area (Å²) in [6.07, 6.45) is 2.18. The van der Waals surface area contributed by atoms with Crippen LogP contribution in [0.3, 0.4) is 0 Å². The van der Waals surface area contributed by atoms with Crippen molar-refractivity contribution in [1.29, 1.82) is 0 Å². The molecule has 1 fully saturated rings. The van der Waals surface area contributed by atoms with Crippen LogP contribution in [0.2, 0.25) is 10.0 Å². The van der Waals surface area contributed by atoms with E-state index in [1.54, 1.807) is 0 Å². The molecule has 8 rings (SSSR count). The van der Waals surface area contributed by atoms with Gasteiger partial charge in [-0.2, -0.15) is 0 Å². The molecule has 3 aliphatic rings. The van der Waals surface area contributed by atoms with Crippen molar-refractivity contribution in [1.82, 2.24) is 0 Å². The van der Waals surface area contributed by atoms with Gasteiger partial charge in [-0.25, -0.2) is 26.0 Å². The molecule has 0 spiro atoms. The average molecular weight is 888 g/mol. The van der Waals surface area contributed by atoms with E-state index in [2.05, 4.69) is 0 Å².